The topological polar surface area (TPSA) is 195 Å². The van der Waals surface area contributed by atoms with Crippen molar-refractivity contribution in [1.29, 1.82) is 0 Å². The molecule has 6 unspecified atom stereocenters. The van der Waals surface area contributed by atoms with Crippen molar-refractivity contribution in [3.63, 3.8) is 0 Å². The first kappa shape index (κ1) is 46.0. The number of nitrogen functional groups attached to an aromatic ring is 1. The molecule has 1 aromatic rings. The Morgan fingerprint density at radius 3 is 2.43 bits per heavy atom. The van der Waals surface area contributed by atoms with Crippen LogP contribution >= 0.6 is 0 Å². The SMILES string of the molecule is CCC1(F)CC2(CC3C(=O)NC4(C(=O)NS(=O)(=O)C5(C)CC5)CC4C=CCCCCCC(NC(=O)OC(C)(C)C)C(=O)N3C2)OC(CC(F)(F)F)=C1c1cc(OC)ccc1N. The highest BCUT2D eigenvalue weighted by molar-refractivity contribution is 7.91. The third-order valence-electron chi connectivity index (χ3n) is 12.4. The number of sulfonamides is 1. The molecule has 6 rings (SSSR count). The van der Waals surface area contributed by atoms with Gasteiger partial charge in [-0.3, -0.25) is 19.1 Å². The average molecular weight is 884 g/mol. The van der Waals surface area contributed by atoms with Gasteiger partial charge in [0.1, 0.15) is 52.4 Å². The Morgan fingerprint density at radius 2 is 1.80 bits per heavy atom. The van der Waals surface area contributed by atoms with Gasteiger partial charge in [-0.05, 0) is 90.8 Å². The summed E-state index contributed by atoms with van der Waals surface area (Å²) in [6, 6.07) is 1.30. The molecule has 0 bridgehead atoms. The molecule has 338 valence electrons. The molecule has 1 saturated heterocycles. The van der Waals surface area contributed by atoms with Crippen LogP contribution < -0.4 is 25.8 Å². The summed E-state index contributed by atoms with van der Waals surface area (Å²) in [6.45, 7) is 7.27. The number of nitrogens with one attached hydrogen (secondary N) is 3. The van der Waals surface area contributed by atoms with E-state index in [9.17, 15) is 40.8 Å². The van der Waals surface area contributed by atoms with E-state index in [1.165, 1.54) is 39.2 Å². The zero-order chi connectivity index (χ0) is 45.0. The fourth-order valence-corrected chi connectivity index (χ4v) is 10.0. The molecule has 14 nitrogen and oxygen atoms in total. The van der Waals surface area contributed by atoms with Gasteiger partial charge in [0.25, 0.3) is 5.91 Å². The van der Waals surface area contributed by atoms with Gasteiger partial charge in [0, 0.05) is 35.6 Å². The van der Waals surface area contributed by atoms with Gasteiger partial charge in [-0.2, -0.15) is 13.2 Å². The molecule has 3 heterocycles. The fourth-order valence-electron chi connectivity index (χ4n) is 8.71. The monoisotopic (exact) mass is 883 g/mol. The zero-order valence-corrected chi connectivity index (χ0v) is 36.2. The number of hydrogen-bond acceptors (Lipinski definition) is 10. The van der Waals surface area contributed by atoms with Gasteiger partial charge in [0.15, 0.2) is 0 Å². The Labute approximate surface area is 353 Å². The molecule has 6 atom stereocenters. The number of alkyl halides is 4. The lowest BCUT2D eigenvalue weighted by atomic mass is 9.74. The van der Waals surface area contributed by atoms with E-state index in [0.717, 1.165) is 4.90 Å². The van der Waals surface area contributed by atoms with Crippen LogP contribution in [0.1, 0.15) is 117 Å². The van der Waals surface area contributed by atoms with E-state index in [4.69, 9.17) is 19.9 Å². The lowest BCUT2D eigenvalue weighted by molar-refractivity contribution is -0.148. The van der Waals surface area contributed by atoms with E-state index in [0.29, 0.717) is 38.5 Å². The number of methoxy groups -OCH3 is 1. The first-order valence-electron chi connectivity index (χ1n) is 20.8. The molecular weight excluding hydrogens is 827 g/mol. The standard InChI is InChI=1S/C42H57F4N5O9S/c1-7-40(43)23-39(59-31(22-42(44,45)46)32(40)27-19-26(58-6)15-16-28(27)47)21-30-33(52)49-41(35(54)50-61(56,57)38(5)17-18-38)20-25(41)13-11-9-8-10-12-14-29(34(53)51(30)24-39)48-36(55)60-37(2,3)4/h11,13,15-16,19,25,29-30H,7-10,12,14,17-18,20-24,47H2,1-6H3,(H,48,55)(H,49,52)(H,50,54). The van der Waals surface area contributed by atoms with Crippen LogP contribution in [-0.4, -0.2) is 96.2 Å². The van der Waals surface area contributed by atoms with Crippen molar-refractivity contribution in [3.05, 3.63) is 41.7 Å². The summed E-state index contributed by atoms with van der Waals surface area (Å²) in [4.78, 5) is 57.8. The number of carbonyl (C=O) groups is 4. The van der Waals surface area contributed by atoms with Crippen LogP contribution in [0.5, 0.6) is 5.75 Å². The molecule has 19 heteroatoms. The minimum atomic E-state index is -4.91. The number of anilines is 1. The number of amides is 4. The highest BCUT2D eigenvalue weighted by Crippen LogP contribution is 2.55. The second kappa shape index (κ2) is 16.3. The van der Waals surface area contributed by atoms with Crippen LogP contribution in [0.4, 0.5) is 28.0 Å². The van der Waals surface area contributed by atoms with Gasteiger partial charge in [-0.1, -0.05) is 31.9 Å². The van der Waals surface area contributed by atoms with Gasteiger partial charge in [0.05, 0.1) is 18.4 Å². The normalized spacial score (nSPS) is 30.5. The number of rotatable bonds is 8. The molecule has 0 radical (unpaired) electrons. The number of halogens is 4. The summed E-state index contributed by atoms with van der Waals surface area (Å²) in [5.74, 6) is -3.94. The van der Waals surface area contributed by atoms with Gasteiger partial charge >= 0.3 is 12.3 Å². The molecule has 4 amide bonds. The van der Waals surface area contributed by atoms with E-state index in [1.807, 2.05) is 6.08 Å². The van der Waals surface area contributed by atoms with Crippen LogP contribution in [0.25, 0.3) is 5.57 Å². The molecular formula is C42H57F4N5O9S. The number of nitrogens with zero attached hydrogens (tertiary/aromatic N) is 1. The van der Waals surface area contributed by atoms with E-state index in [-0.39, 0.29) is 36.3 Å². The Kier molecular flexibility index (Phi) is 12.3. The largest absolute Gasteiger partial charge is 0.497 e. The summed E-state index contributed by atoms with van der Waals surface area (Å²) in [5, 5.41) is 5.34. The molecule has 2 aliphatic carbocycles. The maximum absolute atomic E-state index is 17.9. The fraction of sp³-hybridized carbons (Fsp3) is 0.667. The molecule has 1 aromatic carbocycles. The minimum absolute atomic E-state index is 0.0195. The predicted octanol–water partition coefficient (Wildman–Crippen LogP) is 6.11. The van der Waals surface area contributed by atoms with Crippen LogP contribution in [-0.2, 0) is 33.9 Å². The molecule has 5 aliphatic rings. The van der Waals surface area contributed by atoms with Crippen molar-refractivity contribution in [3.8, 4) is 5.75 Å². The zero-order valence-electron chi connectivity index (χ0n) is 35.4. The number of ether oxygens (including phenoxy) is 3. The number of hydrogen-bond donors (Lipinski definition) is 4. The average Bonchev–Trinajstić information content (AvgIpc) is 4.04. The summed E-state index contributed by atoms with van der Waals surface area (Å²) in [5.41, 5.74) is -1.48. The molecule has 5 N–H and O–H groups in total. The lowest BCUT2D eigenvalue weighted by Crippen LogP contribution is -2.58. The second-order valence-electron chi connectivity index (χ2n) is 18.4. The summed E-state index contributed by atoms with van der Waals surface area (Å²) < 4.78 is 106. The van der Waals surface area contributed by atoms with Crippen LogP contribution in [0, 0.1) is 5.92 Å². The van der Waals surface area contributed by atoms with Crippen molar-refractivity contribution < 1.29 is 59.4 Å². The molecule has 1 spiro atoms. The van der Waals surface area contributed by atoms with Crippen molar-refractivity contribution in [2.75, 3.05) is 19.4 Å². The Hall–Kier alpha value is -4.55. The molecule has 3 fully saturated rings. The predicted molar refractivity (Wildman–Crippen MR) is 217 cm³/mol. The Morgan fingerprint density at radius 1 is 1.10 bits per heavy atom. The Bertz CT molecular complexity index is 2100. The first-order valence-corrected chi connectivity index (χ1v) is 22.2. The van der Waals surface area contributed by atoms with Gasteiger partial charge < -0.3 is 35.5 Å². The maximum Gasteiger partial charge on any atom is 0.408 e. The third kappa shape index (κ3) is 9.75. The number of fused-ring (bicyclic) bond motifs is 2. The Balaban J connectivity index is 1.45. The number of carbonyl (C=O) groups excluding carboxylic acids is 4. The molecule has 3 aliphatic heterocycles. The maximum atomic E-state index is 17.9. The van der Waals surface area contributed by atoms with Crippen molar-refractivity contribution in [1.82, 2.24) is 20.3 Å². The third-order valence-corrected chi connectivity index (χ3v) is 14.6. The van der Waals surface area contributed by atoms with Crippen LogP contribution in [0.15, 0.2) is 36.1 Å². The minimum Gasteiger partial charge on any atom is -0.497 e. The van der Waals surface area contributed by atoms with Gasteiger partial charge in [-0.15, -0.1) is 0 Å². The van der Waals surface area contributed by atoms with Crippen molar-refractivity contribution >= 4 is 45.1 Å². The molecule has 2 saturated carbocycles. The van der Waals surface area contributed by atoms with Crippen molar-refractivity contribution in [2.45, 2.75) is 157 Å². The quantitative estimate of drug-likeness (QED) is 0.135. The summed E-state index contributed by atoms with van der Waals surface area (Å²) >= 11 is 0. The number of alkyl carbamates (subject to hydrolysis) is 1. The second-order valence-corrected chi connectivity index (χ2v) is 20.6. The lowest BCUT2D eigenvalue weighted by Gasteiger charge is -2.45. The number of allylic oxidation sites excluding steroid dienone is 3. The first-order chi connectivity index (χ1) is 28.3. The van der Waals surface area contributed by atoms with Gasteiger partial charge in [0.2, 0.25) is 21.8 Å². The van der Waals surface area contributed by atoms with E-state index in [2.05, 4.69) is 15.4 Å². The summed E-state index contributed by atoms with van der Waals surface area (Å²) in [6.07, 6.45) is -2.43. The number of benzene rings is 1. The highest BCUT2D eigenvalue weighted by Gasteiger charge is 2.65. The number of nitrogens with two attached hydrogens (primary N) is 1. The van der Waals surface area contributed by atoms with Gasteiger partial charge in [-0.25, -0.2) is 17.6 Å². The van der Waals surface area contributed by atoms with E-state index in [1.54, 1.807) is 26.8 Å². The molecule has 0 aromatic heterocycles. The van der Waals surface area contributed by atoms with E-state index >= 15 is 4.39 Å². The summed E-state index contributed by atoms with van der Waals surface area (Å²) in [7, 11) is -2.82. The smallest absolute Gasteiger partial charge is 0.408 e. The highest BCUT2D eigenvalue weighted by atomic mass is 32.2. The van der Waals surface area contributed by atoms with E-state index < -0.39 is 122 Å². The van der Waals surface area contributed by atoms with Crippen molar-refractivity contribution in [2.24, 2.45) is 5.92 Å². The molecule has 61 heavy (non-hydrogen) atoms. The van der Waals surface area contributed by atoms with Crippen LogP contribution in [0.2, 0.25) is 0 Å². The van der Waals surface area contributed by atoms with Crippen LogP contribution in [0.3, 0.4) is 0 Å².